The lowest BCUT2D eigenvalue weighted by Crippen LogP contribution is -2.19. The van der Waals surface area contributed by atoms with Crippen LogP contribution in [0.2, 0.25) is 0 Å². The molecule has 0 aliphatic carbocycles. The molecule has 0 unspecified atom stereocenters. The van der Waals surface area contributed by atoms with Crippen LogP contribution in [0, 0.1) is 13.8 Å². The number of benzene rings is 2. The van der Waals surface area contributed by atoms with Crippen molar-refractivity contribution in [3.8, 4) is 11.6 Å². The molecule has 2 heterocycles. The average molecular weight is 345 g/mol. The van der Waals surface area contributed by atoms with Crippen molar-refractivity contribution in [3.63, 3.8) is 0 Å². The van der Waals surface area contributed by atoms with Crippen LogP contribution >= 0.6 is 0 Å². The Morgan fingerprint density at radius 2 is 1.96 bits per heavy atom. The minimum Gasteiger partial charge on any atom is -0.461 e. The van der Waals surface area contributed by atoms with Crippen molar-refractivity contribution in [3.05, 3.63) is 72.0 Å². The van der Waals surface area contributed by atoms with Gasteiger partial charge in [0.15, 0.2) is 11.6 Å². The topological polar surface area (TPSA) is 60.1 Å². The van der Waals surface area contributed by atoms with Crippen molar-refractivity contribution in [2.45, 2.75) is 20.4 Å². The Morgan fingerprint density at radius 1 is 1.12 bits per heavy atom. The van der Waals surface area contributed by atoms with E-state index in [1.165, 1.54) is 5.56 Å². The number of fused-ring (bicyclic) bond motifs is 1. The molecular formula is C21H19N3O2. The maximum atomic E-state index is 12.7. The summed E-state index contributed by atoms with van der Waals surface area (Å²) in [6.07, 6.45) is 1.61. The Kier molecular flexibility index (Phi) is 4.05. The van der Waals surface area contributed by atoms with Gasteiger partial charge in [-0.15, -0.1) is 0 Å². The number of hydrogen-bond acceptors (Lipinski definition) is 3. The molecule has 4 rings (SSSR count). The number of imidazole rings is 1. The molecule has 26 heavy (non-hydrogen) atoms. The number of para-hydroxylation sites is 2. The molecule has 0 radical (unpaired) electrons. The van der Waals surface area contributed by atoms with Gasteiger partial charge in [-0.2, -0.15) is 0 Å². The predicted molar refractivity (Wildman–Crippen MR) is 102 cm³/mol. The fourth-order valence-electron chi connectivity index (χ4n) is 3.12. The van der Waals surface area contributed by atoms with Gasteiger partial charge in [0.25, 0.3) is 0 Å². The Hall–Kier alpha value is -3.34. The van der Waals surface area contributed by atoms with Crippen LogP contribution in [0.15, 0.2) is 65.3 Å². The highest BCUT2D eigenvalue weighted by atomic mass is 16.3. The second-order valence-electron chi connectivity index (χ2n) is 6.35. The molecule has 0 spiro atoms. The van der Waals surface area contributed by atoms with E-state index in [1.54, 1.807) is 6.26 Å². The van der Waals surface area contributed by atoms with Crippen LogP contribution in [0.4, 0.5) is 5.69 Å². The average Bonchev–Trinajstić information content (AvgIpc) is 3.26. The van der Waals surface area contributed by atoms with Gasteiger partial charge in [-0.3, -0.25) is 4.79 Å². The third-order valence-electron chi connectivity index (χ3n) is 4.35. The fourth-order valence-corrected chi connectivity index (χ4v) is 3.12. The van der Waals surface area contributed by atoms with E-state index in [1.807, 2.05) is 66.9 Å². The van der Waals surface area contributed by atoms with Gasteiger partial charge in [0.1, 0.15) is 6.54 Å². The summed E-state index contributed by atoms with van der Waals surface area (Å²) in [7, 11) is 0. The molecule has 2 aromatic carbocycles. The number of rotatable bonds is 4. The second-order valence-corrected chi connectivity index (χ2v) is 6.35. The van der Waals surface area contributed by atoms with Crippen LogP contribution in [0.3, 0.4) is 0 Å². The van der Waals surface area contributed by atoms with Gasteiger partial charge in [0.2, 0.25) is 5.91 Å². The largest absolute Gasteiger partial charge is 0.461 e. The Morgan fingerprint density at radius 3 is 2.73 bits per heavy atom. The Balaban J connectivity index is 1.68. The van der Waals surface area contributed by atoms with E-state index < -0.39 is 0 Å². The molecule has 0 saturated carbocycles. The molecule has 5 heteroatoms. The minimum absolute atomic E-state index is 0.104. The lowest BCUT2D eigenvalue weighted by molar-refractivity contribution is -0.116. The maximum absolute atomic E-state index is 12.7. The Labute approximate surface area is 151 Å². The van der Waals surface area contributed by atoms with E-state index in [4.69, 9.17) is 4.42 Å². The summed E-state index contributed by atoms with van der Waals surface area (Å²) < 4.78 is 7.39. The smallest absolute Gasteiger partial charge is 0.244 e. The number of nitrogens with zero attached hydrogens (tertiary/aromatic N) is 2. The quantitative estimate of drug-likeness (QED) is 0.590. The molecule has 1 amide bonds. The first-order valence-corrected chi connectivity index (χ1v) is 8.48. The van der Waals surface area contributed by atoms with E-state index >= 15 is 0 Å². The SMILES string of the molecule is Cc1ccc(NC(=O)Cn2c(-c3ccco3)nc3ccccc32)c(C)c1. The summed E-state index contributed by atoms with van der Waals surface area (Å²) in [5.41, 5.74) is 4.76. The monoisotopic (exact) mass is 345 g/mol. The van der Waals surface area contributed by atoms with Crippen molar-refractivity contribution >= 4 is 22.6 Å². The molecule has 1 N–H and O–H groups in total. The van der Waals surface area contributed by atoms with E-state index in [-0.39, 0.29) is 12.5 Å². The standard InChI is InChI=1S/C21H19N3O2/c1-14-9-10-16(15(2)12-14)22-20(25)13-24-18-7-4-3-6-17(18)23-21(24)19-8-5-11-26-19/h3-12H,13H2,1-2H3,(H,22,25). The number of carbonyl (C=O) groups is 1. The van der Waals surface area contributed by atoms with E-state index in [9.17, 15) is 4.79 Å². The van der Waals surface area contributed by atoms with Crippen LogP contribution in [0.5, 0.6) is 0 Å². The molecule has 5 nitrogen and oxygen atoms in total. The van der Waals surface area contributed by atoms with Crippen molar-refractivity contribution in [2.75, 3.05) is 5.32 Å². The number of aryl methyl sites for hydroxylation is 2. The molecule has 4 aromatic rings. The first-order chi connectivity index (χ1) is 12.6. The predicted octanol–water partition coefficient (Wildman–Crippen LogP) is 4.55. The molecule has 0 saturated heterocycles. The first kappa shape index (κ1) is 16.1. The summed E-state index contributed by atoms with van der Waals surface area (Å²) in [6, 6.07) is 17.4. The van der Waals surface area contributed by atoms with Crippen LogP contribution in [0.1, 0.15) is 11.1 Å². The summed E-state index contributed by atoms with van der Waals surface area (Å²) in [6.45, 7) is 4.18. The zero-order chi connectivity index (χ0) is 18.1. The zero-order valence-electron chi connectivity index (χ0n) is 14.7. The van der Waals surface area contributed by atoms with Gasteiger partial charge >= 0.3 is 0 Å². The van der Waals surface area contributed by atoms with E-state index in [2.05, 4.69) is 16.4 Å². The zero-order valence-corrected chi connectivity index (χ0v) is 14.7. The molecule has 0 aliphatic rings. The highest BCUT2D eigenvalue weighted by Crippen LogP contribution is 2.25. The fraction of sp³-hybridized carbons (Fsp3) is 0.143. The van der Waals surface area contributed by atoms with Crippen molar-refractivity contribution < 1.29 is 9.21 Å². The highest BCUT2D eigenvalue weighted by Gasteiger charge is 2.17. The van der Waals surface area contributed by atoms with Crippen LogP contribution < -0.4 is 5.32 Å². The lowest BCUT2D eigenvalue weighted by atomic mass is 10.1. The molecule has 0 bridgehead atoms. The molecular weight excluding hydrogens is 326 g/mol. The summed E-state index contributed by atoms with van der Waals surface area (Å²) in [5, 5.41) is 2.99. The number of nitrogens with one attached hydrogen (secondary N) is 1. The third kappa shape index (κ3) is 2.99. The maximum Gasteiger partial charge on any atom is 0.244 e. The number of anilines is 1. The van der Waals surface area contributed by atoms with Crippen LogP contribution in [-0.4, -0.2) is 15.5 Å². The summed E-state index contributed by atoms with van der Waals surface area (Å²) in [4.78, 5) is 17.3. The van der Waals surface area contributed by atoms with Crippen molar-refractivity contribution in [1.82, 2.24) is 9.55 Å². The van der Waals surface area contributed by atoms with E-state index in [0.29, 0.717) is 11.6 Å². The normalized spacial score (nSPS) is 11.0. The Bertz CT molecular complexity index is 1080. The van der Waals surface area contributed by atoms with Crippen LogP contribution in [-0.2, 0) is 11.3 Å². The van der Waals surface area contributed by atoms with Gasteiger partial charge in [-0.25, -0.2) is 4.98 Å². The number of aromatic nitrogens is 2. The van der Waals surface area contributed by atoms with Gasteiger partial charge in [0.05, 0.1) is 17.3 Å². The molecule has 0 atom stereocenters. The number of furan rings is 1. The van der Waals surface area contributed by atoms with E-state index in [0.717, 1.165) is 22.3 Å². The van der Waals surface area contributed by atoms with Gasteiger partial charge in [-0.1, -0.05) is 29.8 Å². The third-order valence-corrected chi connectivity index (χ3v) is 4.35. The highest BCUT2D eigenvalue weighted by molar-refractivity contribution is 5.93. The van der Waals surface area contributed by atoms with Crippen LogP contribution in [0.25, 0.3) is 22.6 Å². The number of hydrogen-bond donors (Lipinski definition) is 1. The van der Waals surface area contributed by atoms with Crippen molar-refractivity contribution in [2.24, 2.45) is 0 Å². The van der Waals surface area contributed by atoms with Gasteiger partial charge in [0, 0.05) is 5.69 Å². The summed E-state index contributed by atoms with van der Waals surface area (Å²) >= 11 is 0. The molecule has 130 valence electrons. The lowest BCUT2D eigenvalue weighted by Gasteiger charge is -2.11. The minimum atomic E-state index is -0.104. The first-order valence-electron chi connectivity index (χ1n) is 8.48. The van der Waals surface area contributed by atoms with Gasteiger partial charge in [-0.05, 0) is 49.7 Å². The number of amides is 1. The van der Waals surface area contributed by atoms with Gasteiger partial charge < -0.3 is 14.3 Å². The van der Waals surface area contributed by atoms with Crippen molar-refractivity contribution in [1.29, 1.82) is 0 Å². The molecule has 2 aromatic heterocycles. The summed E-state index contributed by atoms with van der Waals surface area (Å²) in [5.74, 6) is 1.18. The number of carbonyl (C=O) groups excluding carboxylic acids is 1. The second kappa shape index (κ2) is 6.52. The molecule has 0 fully saturated rings. The molecule has 0 aliphatic heterocycles.